The third kappa shape index (κ3) is 2.60. The van der Waals surface area contributed by atoms with E-state index < -0.39 is 4.92 Å². The molecule has 4 nitrogen and oxygen atoms in total. The van der Waals surface area contributed by atoms with E-state index >= 15 is 0 Å². The summed E-state index contributed by atoms with van der Waals surface area (Å²) in [4.78, 5) is 14.5. The Morgan fingerprint density at radius 1 is 1.22 bits per heavy atom. The van der Waals surface area contributed by atoms with Gasteiger partial charge in [0.15, 0.2) is 0 Å². The van der Waals surface area contributed by atoms with Crippen LogP contribution in [0.3, 0.4) is 0 Å². The largest absolute Gasteiger partial charge is 0.269 e. The van der Waals surface area contributed by atoms with Gasteiger partial charge < -0.3 is 0 Å². The van der Waals surface area contributed by atoms with E-state index in [1.807, 2.05) is 18.2 Å². The predicted molar refractivity (Wildman–Crippen MR) is 70.2 cm³/mol. The van der Waals surface area contributed by atoms with Crippen LogP contribution in [0.15, 0.2) is 55.3 Å². The van der Waals surface area contributed by atoms with Crippen LogP contribution in [0.4, 0.5) is 5.69 Å². The quantitative estimate of drug-likeness (QED) is 0.467. The molecule has 0 saturated carbocycles. The third-order valence-corrected chi connectivity index (χ3v) is 2.58. The number of aromatic nitrogens is 1. The van der Waals surface area contributed by atoms with E-state index in [4.69, 9.17) is 0 Å². The zero-order chi connectivity index (χ0) is 13.0. The van der Waals surface area contributed by atoms with Gasteiger partial charge >= 0.3 is 0 Å². The number of non-ortho nitro benzene ring substituents is 1. The Kier molecular flexibility index (Phi) is 3.48. The van der Waals surface area contributed by atoms with Crippen molar-refractivity contribution in [2.45, 2.75) is 6.42 Å². The van der Waals surface area contributed by atoms with Crippen molar-refractivity contribution >= 4 is 5.69 Å². The summed E-state index contributed by atoms with van der Waals surface area (Å²) in [6.45, 7) is 3.67. The summed E-state index contributed by atoms with van der Waals surface area (Å²) < 4.78 is 0. The van der Waals surface area contributed by atoms with E-state index in [2.05, 4.69) is 11.6 Å². The summed E-state index contributed by atoms with van der Waals surface area (Å²) in [5, 5.41) is 10.5. The molecule has 0 fully saturated rings. The second kappa shape index (κ2) is 5.23. The number of nitrogens with zero attached hydrogens (tertiary/aromatic N) is 2. The van der Waals surface area contributed by atoms with Crippen molar-refractivity contribution in [1.29, 1.82) is 0 Å². The number of hydrogen-bond donors (Lipinski definition) is 0. The topological polar surface area (TPSA) is 56.0 Å². The van der Waals surface area contributed by atoms with Crippen LogP contribution >= 0.6 is 0 Å². The highest BCUT2D eigenvalue weighted by molar-refractivity contribution is 5.60. The third-order valence-electron chi connectivity index (χ3n) is 2.58. The molecule has 1 aromatic heterocycles. The van der Waals surface area contributed by atoms with Crippen molar-refractivity contribution in [3.63, 3.8) is 0 Å². The van der Waals surface area contributed by atoms with Crippen LogP contribution in [0, 0.1) is 10.1 Å². The second-order valence-electron chi connectivity index (χ2n) is 3.85. The highest BCUT2D eigenvalue weighted by Gasteiger charge is 2.05. The lowest BCUT2D eigenvalue weighted by atomic mass is 10.1. The van der Waals surface area contributed by atoms with Crippen LogP contribution in [0.1, 0.15) is 5.56 Å². The maximum Gasteiger partial charge on any atom is 0.269 e. The first-order valence-electron chi connectivity index (χ1n) is 5.51. The Hall–Kier alpha value is -2.49. The van der Waals surface area contributed by atoms with Crippen LogP contribution in [0.25, 0.3) is 11.3 Å². The lowest BCUT2D eigenvalue weighted by Gasteiger charge is -2.02. The first kappa shape index (κ1) is 12.0. The molecule has 18 heavy (non-hydrogen) atoms. The fourth-order valence-corrected chi connectivity index (χ4v) is 1.64. The van der Waals surface area contributed by atoms with Crippen molar-refractivity contribution < 1.29 is 4.92 Å². The first-order chi connectivity index (χ1) is 8.70. The second-order valence-corrected chi connectivity index (χ2v) is 3.85. The Labute approximate surface area is 105 Å². The molecule has 0 saturated heterocycles. The van der Waals surface area contributed by atoms with E-state index in [-0.39, 0.29) is 5.69 Å². The van der Waals surface area contributed by atoms with Gasteiger partial charge in [-0.1, -0.05) is 12.1 Å². The molecule has 0 aliphatic rings. The molecule has 0 bridgehead atoms. The SMILES string of the molecule is C=CCc1ccc(-c2ccc([N+](=O)[O-])cc2)nc1. The minimum absolute atomic E-state index is 0.0852. The zero-order valence-corrected chi connectivity index (χ0v) is 9.74. The molecule has 0 spiro atoms. The first-order valence-corrected chi connectivity index (χ1v) is 5.51. The number of rotatable bonds is 4. The molecule has 4 heteroatoms. The summed E-state index contributed by atoms with van der Waals surface area (Å²) in [7, 11) is 0. The van der Waals surface area contributed by atoms with Crippen LogP contribution < -0.4 is 0 Å². The van der Waals surface area contributed by atoms with E-state index in [9.17, 15) is 10.1 Å². The monoisotopic (exact) mass is 240 g/mol. The number of allylic oxidation sites excluding steroid dienone is 1. The summed E-state index contributed by atoms with van der Waals surface area (Å²) in [5.41, 5.74) is 2.85. The van der Waals surface area contributed by atoms with Gasteiger partial charge in [0.05, 0.1) is 10.6 Å². The van der Waals surface area contributed by atoms with Crippen molar-refractivity contribution in [1.82, 2.24) is 4.98 Å². The van der Waals surface area contributed by atoms with Crippen molar-refractivity contribution in [2.24, 2.45) is 0 Å². The smallest absolute Gasteiger partial charge is 0.258 e. The van der Waals surface area contributed by atoms with Crippen LogP contribution in [-0.4, -0.2) is 9.91 Å². The van der Waals surface area contributed by atoms with Crippen LogP contribution in [-0.2, 0) is 6.42 Å². The van der Waals surface area contributed by atoms with Crippen LogP contribution in [0.2, 0.25) is 0 Å². The van der Waals surface area contributed by atoms with Gasteiger partial charge in [0.25, 0.3) is 5.69 Å². The van der Waals surface area contributed by atoms with Gasteiger partial charge in [-0.2, -0.15) is 0 Å². The Morgan fingerprint density at radius 3 is 2.44 bits per heavy atom. The number of nitro benzene ring substituents is 1. The van der Waals surface area contributed by atoms with E-state index in [1.54, 1.807) is 18.3 Å². The van der Waals surface area contributed by atoms with Gasteiger partial charge in [0, 0.05) is 23.9 Å². The van der Waals surface area contributed by atoms with Crippen molar-refractivity contribution in [3.05, 3.63) is 70.9 Å². The Morgan fingerprint density at radius 2 is 1.94 bits per heavy atom. The summed E-state index contributed by atoms with van der Waals surface area (Å²) in [6, 6.07) is 10.2. The lowest BCUT2D eigenvalue weighted by molar-refractivity contribution is -0.384. The molecule has 0 radical (unpaired) electrons. The number of nitro groups is 1. The average Bonchev–Trinajstić information content (AvgIpc) is 2.40. The van der Waals surface area contributed by atoms with Gasteiger partial charge in [-0.15, -0.1) is 6.58 Å². The molecular weight excluding hydrogens is 228 g/mol. The Balaban J connectivity index is 2.25. The number of hydrogen-bond acceptors (Lipinski definition) is 3. The molecule has 0 unspecified atom stereocenters. The highest BCUT2D eigenvalue weighted by Crippen LogP contribution is 2.20. The number of benzene rings is 1. The van der Waals surface area contributed by atoms with Gasteiger partial charge in [0.2, 0.25) is 0 Å². The average molecular weight is 240 g/mol. The highest BCUT2D eigenvalue weighted by atomic mass is 16.6. The van der Waals surface area contributed by atoms with E-state index in [0.29, 0.717) is 0 Å². The number of pyridine rings is 1. The minimum Gasteiger partial charge on any atom is -0.258 e. The fourth-order valence-electron chi connectivity index (χ4n) is 1.64. The fraction of sp³-hybridized carbons (Fsp3) is 0.0714. The van der Waals surface area contributed by atoms with Gasteiger partial charge in [-0.25, -0.2) is 0 Å². The molecule has 0 atom stereocenters. The van der Waals surface area contributed by atoms with Crippen molar-refractivity contribution in [3.8, 4) is 11.3 Å². The summed E-state index contributed by atoms with van der Waals surface area (Å²) >= 11 is 0. The van der Waals surface area contributed by atoms with E-state index in [0.717, 1.165) is 23.2 Å². The molecule has 2 aromatic rings. The van der Waals surface area contributed by atoms with Gasteiger partial charge in [-0.3, -0.25) is 15.1 Å². The van der Waals surface area contributed by atoms with Gasteiger partial charge in [0.1, 0.15) is 0 Å². The molecule has 2 rings (SSSR count). The molecule has 0 aliphatic heterocycles. The van der Waals surface area contributed by atoms with Gasteiger partial charge in [-0.05, 0) is 30.2 Å². The molecule has 1 heterocycles. The maximum atomic E-state index is 10.5. The summed E-state index contributed by atoms with van der Waals surface area (Å²) in [6.07, 6.45) is 4.40. The van der Waals surface area contributed by atoms with E-state index in [1.165, 1.54) is 12.1 Å². The zero-order valence-electron chi connectivity index (χ0n) is 9.74. The standard InChI is InChI=1S/C14H12N2O2/c1-2-3-11-4-9-14(15-10-11)12-5-7-13(8-6-12)16(17)18/h2,4-10H,1,3H2. The lowest BCUT2D eigenvalue weighted by Crippen LogP contribution is -1.89. The normalized spacial score (nSPS) is 10.0. The molecular formula is C14H12N2O2. The molecule has 0 N–H and O–H groups in total. The molecule has 1 aromatic carbocycles. The molecule has 0 amide bonds. The molecule has 90 valence electrons. The van der Waals surface area contributed by atoms with Crippen LogP contribution in [0.5, 0.6) is 0 Å². The Bertz CT molecular complexity index is 559. The molecule has 0 aliphatic carbocycles. The maximum absolute atomic E-state index is 10.5. The predicted octanol–water partition coefficient (Wildman–Crippen LogP) is 3.39. The minimum atomic E-state index is -0.412. The summed E-state index contributed by atoms with van der Waals surface area (Å²) in [5.74, 6) is 0. The van der Waals surface area contributed by atoms with Crippen molar-refractivity contribution in [2.75, 3.05) is 0 Å².